The van der Waals surface area contributed by atoms with E-state index in [0.717, 1.165) is 29.5 Å². The summed E-state index contributed by atoms with van der Waals surface area (Å²) in [4.78, 5) is 15.4. The Balaban J connectivity index is 1.60. The molecule has 2 aromatic carbocycles. The first-order valence-corrected chi connectivity index (χ1v) is 8.08. The van der Waals surface area contributed by atoms with Crippen LogP contribution in [0.15, 0.2) is 59.8 Å². The standard InChI is InChI=1S/C20H21N3O/c1-14-7-10-16(11-8-14)12-9-15(2)22-23-20(24)18-13-21-19-6-4-3-5-17(18)19/h3-8,10-11,13,21H,9,12H2,1-2H3,(H,23,24)/b22-15-. The minimum absolute atomic E-state index is 0.192. The normalized spacial score (nSPS) is 11.7. The molecule has 1 heterocycles. The van der Waals surface area contributed by atoms with Gasteiger partial charge < -0.3 is 4.98 Å². The highest BCUT2D eigenvalue weighted by molar-refractivity contribution is 6.06. The molecule has 0 saturated carbocycles. The number of nitrogens with zero attached hydrogens (tertiary/aromatic N) is 1. The Morgan fingerprint density at radius 1 is 1.12 bits per heavy atom. The predicted molar refractivity (Wildman–Crippen MR) is 98.4 cm³/mol. The third-order valence-electron chi connectivity index (χ3n) is 4.08. The van der Waals surface area contributed by atoms with Gasteiger partial charge in [-0.05, 0) is 38.3 Å². The zero-order valence-electron chi connectivity index (χ0n) is 14.0. The van der Waals surface area contributed by atoms with Gasteiger partial charge in [-0.2, -0.15) is 5.10 Å². The van der Waals surface area contributed by atoms with Gasteiger partial charge in [0, 0.05) is 22.8 Å². The molecule has 0 spiro atoms. The number of fused-ring (bicyclic) bond motifs is 1. The molecule has 0 bridgehead atoms. The smallest absolute Gasteiger partial charge is 0.273 e. The average molecular weight is 319 g/mol. The summed E-state index contributed by atoms with van der Waals surface area (Å²) < 4.78 is 0. The van der Waals surface area contributed by atoms with Gasteiger partial charge in [-0.25, -0.2) is 5.43 Å². The molecule has 122 valence electrons. The first kappa shape index (κ1) is 16.0. The minimum Gasteiger partial charge on any atom is -0.360 e. The van der Waals surface area contributed by atoms with E-state index >= 15 is 0 Å². The van der Waals surface area contributed by atoms with E-state index in [1.54, 1.807) is 6.20 Å². The third-order valence-corrected chi connectivity index (χ3v) is 4.08. The molecule has 24 heavy (non-hydrogen) atoms. The fraction of sp³-hybridized carbons (Fsp3) is 0.200. The lowest BCUT2D eigenvalue weighted by molar-refractivity contribution is 0.0956. The lowest BCUT2D eigenvalue weighted by Gasteiger charge is -2.03. The van der Waals surface area contributed by atoms with Crippen molar-refractivity contribution >= 4 is 22.5 Å². The van der Waals surface area contributed by atoms with Crippen molar-refractivity contribution in [2.24, 2.45) is 5.10 Å². The van der Waals surface area contributed by atoms with Gasteiger partial charge in [-0.3, -0.25) is 4.79 Å². The number of amides is 1. The van der Waals surface area contributed by atoms with Gasteiger partial charge >= 0.3 is 0 Å². The number of hydrogen-bond acceptors (Lipinski definition) is 2. The Hall–Kier alpha value is -2.88. The van der Waals surface area contributed by atoms with Gasteiger partial charge in [-0.15, -0.1) is 0 Å². The number of hydrazone groups is 1. The fourth-order valence-electron chi connectivity index (χ4n) is 2.60. The monoisotopic (exact) mass is 319 g/mol. The summed E-state index contributed by atoms with van der Waals surface area (Å²) in [7, 11) is 0. The maximum absolute atomic E-state index is 12.3. The van der Waals surface area contributed by atoms with Crippen LogP contribution in [0.1, 0.15) is 34.8 Å². The number of carbonyl (C=O) groups is 1. The number of rotatable bonds is 5. The zero-order valence-corrected chi connectivity index (χ0v) is 14.0. The molecule has 0 aliphatic carbocycles. The average Bonchev–Trinajstić information content (AvgIpc) is 3.03. The maximum Gasteiger partial charge on any atom is 0.273 e. The minimum atomic E-state index is -0.192. The predicted octanol–water partition coefficient (Wildman–Crippen LogP) is 4.21. The number of nitrogens with one attached hydrogen (secondary N) is 2. The fourth-order valence-corrected chi connectivity index (χ4v) is 2.60. The first-order chi connectivity index (χ1) is 11.6. The molecule has 0 saturated heterocycles. The topological polar surface area (TPSA) is 57.2 Å². The first-order valence-electron chi connectivity index (χ1n) is 8.08. The molecule has 2 N–H and O–H groups in total. The molecule has 3 rings (SSSR count). The second-order valence-corrected chi connectivity index (χ2v) is 6.02. The van der Waals surface area contributed by atoms with Crippen molar-refractivity contribution in [1.82, 2.24) is 10.4 Å². The Morgan fingerprint density at radius 3 is 2.67 bits per heavy atom. The molecule has 0 atom stereocenters. The SMILES string of the molecule is C/C(CCc1ccc(C)cc1)=N/NC(=O)c1c[nH]c2ccccc12. The van der Waals surface area contributed by atoms with E-state index < -0.39 is 0 Å². The summed E-state index contributed by atoms with van der Waals surface area (Å²) in [5.74, 6) is -0.192. The number of para-hydroxylation sites is 1. The van der Waals surface area contributed by atoms with Crippen LogP contribution in [0.3, 0.4) is 0 Å². The highest BCUT2D eigenvalue weighted by Gasteiger charge is 2.10. The van der Waals surface area contributed by atoms with Crippen molar-refractivity contribution in [3.8, 4) is 0 Å². The van der Waals surface area contributed by atoms with Crippen molar-refractivity contribution in [2.75, 3.05) is 0 Å². The summed E-state index contributed by atoms with van der Waals surface area (Å²) >= 11 is 0. The molecule has 0 unspecified atom stereocenters. The molecular formula is C20H21N3O. The third kappa shape index (κ3) is 3.71. The molecule has 4 nitrogen and oxygen atoms in total. The Labute approximate surface area is 141 Å². The summed E-state index contributed by atoms with van der Waals surface area (Å²) in [6, 6.07) is 16.2. The van der Waals surface area contributed by atoms with Crippen LogP contribution in [0.25, 0.3) is 10.9 Å². The van der Waals surface area contributed by atoms with Crippen LogP contribution >= 0.6 is 0 Å². The maximum atomic E-state index is 12.3. The van der Waals surface area contributed by atoms with E-state index in [4.69, 9.17) is 0 Å². The molecule has 3 aromatic rings. The Morgan fingerprint density at radius 2 is 1.88 bits per heavy atom. The van der Waals surface area contributed by atoms with Crippen LogP contribution in [0.4, 0.5) is 0 Å². The van der Waals surface area contributed by atoms with Crippen LogP contribution in [-0.2, 0) is 6.42 Å². The highest BCUT2D eigenvalue weighted by Crippen LogP contribution is 2.17. The molecule has 4 heteroatoms. The van der Waals surface area contributed by atoms with E-state index in [-0.39, 0.29) is 5.91 Å². The van der Waals surface area contributed by atoms with Gasteiger partial charge in [0.25, 0.3) is 5.91 Å². The number of hydrogen-bond donors (Lipinski definition) is 2. The van der Waals surface area contributed by atoms with Gasteiger partial charge in [0.05, 0.1) is 5.56 Å². The number of aromatic nitrogens is 1. The summed E-state index contributed by atoms with van der Waals surface area (Å²) in [6.45, 7) is 4.01. The Bertz CT molecular complexity index is 875. The largest absolute Gasteiger partial charge is 0.360 e. The number of H-pyrrole nitrogens is 1. The van der Waals surface area contributed by atoms with Gasteiger partial charge in [0.2, 0.25) is 0 Å². The molecular weight excluding hydrogens is 298 g/mol. The summed E-state index contributed by atoms with van der Waals surface area (Å²) in [6.07, 6.45) is 3.45. The molecule has 0 aliphatic rings. The van der Waals surface area contributed by atoms with E-state index in [9.17, 15) is 4.79 Å². The van der Waals surface area contributed by atoms with Gasteiger partial charge in [0.15, 0.2) is 0 Å². The number of carbonyl (C=O) groups excluding carboxylic acids is 1. The van der Waals surface area contributed by atoms with Crippen LogP contribution in [-0.4, -0.2) is 16.6 Å². The second kappa shape index (κ2) is 7.13. The van der Waals surface area contributed by atoms with Crippen LogP contribution < -0.4 is 5.43 Å². The van der Waals surface area contributed by atoms with E-state index in [1.807, 2.05) is 31.2 Å². The quantitative estimate of drug-likeness (QED) is 0.537. The van der Waals surface area contributed by atoms with Crippen LogP contribution in [0.5, 0.6) is 0 Å². The molecule has 0 aliphatic heterocycles. The van der Waals surface area contributed by atoms with Crippen molar-refractivity contribution in [2.45, 2.75) is 26.7 Å². The zero-order chi connectivity index (χ0) is 16.9. The Kier molecular flexibility index (Phi) is 4.75. The highest BCUT2D eigenvalue weighted by atomic mass is 16.2. The summed E-state index contributed by atoms with van der Waals surface area (Å²) in [5, 5.41) is 5.13. The molecule has 0 fully saturated rings. The molecule has 1 amide bonds. The van der Waals surface area contributed by atoms with Crippen molar-refractivity contribution in [1.29, 1.82) is 0 Å². The van der Waals surface area contributed by atoms with Crippen molar-refractivity contribution in [3.05, 3.63) is 71.4 Å². The lowest BCUT2D eigenvalue weighted by Crippen LogP contribution is -2.18. The molecule has 1 aromatic heterocycles. The van der Waals surface area contributed by atoms with E-state index in [0.29, 0.717) is 5.56 Å². The van der Waals surface area contributed by atoms with Crippen LogP contribution in [0, 0.1) is 6.92 Å². The number of aryl methyl sites for hydroxylation is 2. The van der Waals surface area contributed by atoms with Crippen LogP contribution in [0.2, 0.25) is 0 Å². The van der Waals surface area contributed by atoms with Gasteiger partial charge in [-0.1, -0.05) is 48.0 Å². The molecule has 0 radical (unpaired) electrons. The summed E-state index contributed by atoms with van der Waals surface area (Å²) in [5.41, 5.74) is 7.65. The van der Waals surface area contributed by atoms with E-state index in [2.05, 4.69) is 46.7 Å². The van der Waals surface area contributed by atoms with Crippen molar-refractivity contribution in [3.63, 3.8) is 0 Å². The number of benzene rings is 2. The van der Waals surface area contributed by atoms with E-state index in [1.165, 1.54) is 11.1 Å². The lowest BCUT2D eigenvalue weighted by atomic mass is 10.1. The number of aromatic amines is 1. The van der Waals surface area contributed by atoms with Gasteiger partial charge in [0.1, 0.15) is 0 Å². The van der Waals surface area contributed by atoms with Crippen molar-refractivity contribution < 1.29 is 4.79 Å². The second-order valence-electron chi connectivity index (χ2n) is 6.02.